The van der Waals surface area contributed by atoms with E-state index < -0.39 is 11.2 Å². The predicted octanol–water partition coefficient (Wildman–Crippen LogP) is 5.97. The van der Waals surface area contributed by atoms with E-state index in [0.717, 1.165) is 11.1 Å². The molecule has 218 valence electrons. The van der Waals surface area contributed by atoms with Crippen molar-refractivity contribution in [3.63, 3.8) is 0 Å². The molecule has 2 aromatic rings. The Bertz CT molecular complexity index is 1210. The van der Waals surface area contributed by atoms with Gasteiger partial charge >= 0.3 is 6.09 Å². The molecule has 0 radical (unpaired) electrons. The molecule has 8 nitrogen and oxygen atoms in total. The molecule has 0 saturated carbocycles. The first kappa shape index (κ1) is 29.6. The molecule has 1 saturated heterocycles. The minimum atomic E-state index is -0.570. The quantitative estimate of drug-likeness (QED) is 0.391. The molecule has 1 atom stereocenters. The summed E-state index contributed by atoms with van der Waals surface area (Å²) < 4.78 is 37.9. The van der Waals surface area contributed by atoms with Crippen LogP contribution >= 0.6 is 0 Å². The molecule has 0 aromatic heterocycles. The molecule has 2 aliphatic rings. The van der Waals surface area contributed by atoms with Gasteiger partial charge in [0.05, 0.1) is 0 Å². The molecule has 1 spiro atoms. The number of hydrogen-bond acceptors (Lipinski definition) is 6. The van der Waals surface area contributed by atoms with E-state index in [0.29, 0.717) is 62.5 Å². The lowest BCUT2D eigenvalue weighted by molar-refractivity contribution is -0.0305. The van der Waals surface area contributed by atoms with Crippen LogP contribution in [0.2, 0.25) is 0 Å². The predicted molar refractivity (Wildman–Crippen MR) is 149 cm³/mol. The van der Waals surface area contributed by atoms with Gasteiger partial charge in [0.2, 0.25) is 0 Å². The van der Waals surface area contributed by atoms with E-state index in [-0.39, 0.29) is 30.5 Å². The topological polar surface area (TPSA) is 77.5 Å². The summed E-state index contributed by atoms with van der Waals surface area (Å²) in [6, 6.07) is 10.0. The summed E-state index contributed by atoms with van der Waals surface area (Å²) in [5.41, 5.74) is 0.953. The van der Waals surface area contributed by atoms with Gasteiger partial charge in [0.25, 0.3) is 5.91 Å². The average molecular weight is 557 g/mol. The normalized spacial score (nSPS) is 18.1. The number of carbonyl (C=O) groups is 2. The third-order valence-corrected chi connectivity index (χ3v) is 7.60. The standard InChI is InChI=1S/C31H41FN2O6/c1-7-33(8-2)28(35)21-9-11-23(27(17-21)38-20-37-6)25-19-31(39-26-12-10-22(32)18-24(25)26)13-15-34(16-14-31)29(36)40-30(3,4)5/h9-12,17-18,25H,7-8,13-16,19-20H2,1-6H3. The van der Waals surface area contributed by atoms with Crippen molar-refractivity contribution in [2.24, 2.45) is 0 Å². The number of halogens is 1. The van der Waals surface area contributed by atoms with Crippen molar-refractivity contribution in [3.8, 4) is 11.5 Å². The van der Waals surface area contributed by atoms with E-state index in [1.807, 2.05) is 46.8 Å². The van der Waals surface area contributed by atoms with E-state index >= 15 is 0 Å². The Hall–Kier alpha value is -3.33. The second kappa shape index (κ2) is 12.0. The second-order valence-corrected chi connectivity index (χ2v) is 11.5. The third-order valence-electron chi connectivity index (χ3n) is 7.60. The molecular formula is C31H41FN2O6. The summed E-state index contributed by atoms with van der Waals surface area (Å²) in [4.78, 5) is 29.3. The van der Waals surface area contributed by atoms with Crippen molar-refractivity contribution in [2.45, 2.75) is 71.0 Å². The minimum absolute atomic E-state index is 0.00509. The number of nitrogens with zero attached hydrogens (tertiary/aromatic N) is 2. The Balaban J connectivity index is 1.68. The number of carbonyl (C=O) groups excluding carboxylic acids is 2. The van der Waals surface area contributed by atoms with Crippen LogP contribution in [0.15, 0.2) is 36.4 Å². The van der Waals surface area contributed by atoms with E-state index in [4.69, 9.17) is 18.9 Å². The van der Waals surface area contributed by atoms with Crippen LogP contribution in [0.5, 0.6) is 11.5 Å². The van der Waals surface area contributed by atoms with Crippen LogP contribution in [0.25, 0.3) is 0 Å². The van der Waals surface area contributed by atoms with Gasteiger partial charge in [0.15, 0.2) is 6.79 Å². The van der Waals surface area contributed by atoms with Crippen molar-refractivity contribution < 1.29 is 32.9 Å². The molecule has 4 rings (SSSR count). The number of likely N-dealkylation sites (tertiary alicyclic amines) is 1. The Morgan fingerprint density at radius 3 is 2.40 bits per heavy atom. The van der Waals surface area contributed by atoms with Gasteiger partial charge < -0.3 is 28.7 Å². The highest BCUT2D eigenvalue weighted by Crippen LogP contribution is 2.50. The fraction of sp³-hybridized carbons (Fsp3) is 0.548. The number of fused-ring (bicyclic) bond motifs is 1. The number of hydrogen-bond donors (Lipinski definition) is 0. The highest BCUT2D eigenvalue weighted by Gasteiger charge is 2.45. The van der Waals surface area contributed by atoms with Gasteiger partial charge in [-0.3, -0.25) is 4.79 Å². The molecule has 2 aliphatic heterocycles. The number of rotatable bonds is 7. The molecule has 2 aromatic carbocycles. The summed E-state index contributed by atoms with van der Waals surface area (Å²) in [5, 5.41) is 0. The lowest BCUT2D eigenvalue weighted by atomic mass is 9.74. The second-order valence-electron chi connectivity index (χ2n) is 11.5. The fourth-order valence-electron chi connectivity index (χ4n) is 5.54. The van der Waals surface area contributed by atoms with Crippen molar-refractivity contribution in [3.05, 3.63) is 58.9 Å². The largest absolute Gasteiger partial charge is 0.487 e. The molecular weight excluding hydrogens is 515 g/mol. The third kappa shape index (κ3) is 6.52. The zero-order chi connectivity index (χ0) is 29.1. The van der Waals surface area contributed by atoms with Crippen molar-refractivity contribution >= 4 is 12.0 Å². The average Bonchev–Trinajstić information content (AvgIpc) is 2.91. The summed E-state index contributed by atoms with van der Waals surface area (Å²) in [6.07, 6.45) is 1.44. The van der Waals surface area contributed by atoms with Crippen molar-refractivity contribution in [1.29, 1.82) is 0 Å². The molecule has 0 bridgehead atoms. The number of piperidine rings is 1. The maximum absolute atomic E-state index is 14.5. The van der Waals surface area contributed by atoms with Gasteiger partial charge in [-0.2, -0.15) is 0 Å². The van der Waals surface area contributed by atoms with Crippen LogP contribution in [0.1, 0.15) is 81.3 Å². The van der Waals surface area contributed by atoms with Crippen LogP contribution in [0.4, 0.5) is 9.18 Å². The zero-order valence-corrected chi connectivity index (χ0v) is 24.4. The van der Waals surface area contributed by atoms with E-state index in [1.54, 1.807) is 21.9 Å². The number of benzene rings is 2. The summed E-state index contributed by atoms with van der Waals surface area (Å²) in [6.45, 7) is 11.6. The van der Waals surface area contributed by atoms with Gasteiger partial charge in [-0.05, 0) is 71.4 Å². The Morgan fingerprint density at radius 1 is 1.07 bits per heavy atom. The van der Waals surface area contributed by atoms with E-state index in [9.17, 15) is 14.0 Å². The molecule has 1 fully saturated rings. The van der Waals surface area contributed by atoms with E-state index in [1.165, 1.54) is 19.2 Å². The van der Waals surface area contributed by atoms with Crippen molar-refractivity contribution in [1.82, 2.24) is 9.80 Å². The van der Waals surface area contributed by atoms with E-state index in [2.05, 4.69) is 0 Å². The maximum Gasteiger partial charge on any atom is 0.410 e. The number of methoxy groups -OCH3 is 1. The first-order valence-electron chi connectivity index (χ1n) is 14.0. The lowest BCUT2D eigenvalue weighted by Gasteiger charge is -2.47. The minimum Gasteiger partial charge on any atom is -0.487 e. The van der Waals surface area contributed by atoms with Crippen LogP contribution in [-0.4, -0.2) is 73.1 Å². The molecule has 40 heavy (non-hydrogen) atoms. The van der Waals surface area contributed by atoms with Crippen molar-refractivity contribution in [2.75, 3.05) is 40.1 Å². The fourth-order valence-corrected chi connectivity index (χ4v) is 5.54. The molecule has 0 aliphatic carbocycles. The summed E-state index contributed by atoms with van der Waals surface area (Å²) in [7, 11) is 1.54. The molecule has 2 heterocycles. The Labute approximate surface area is 236 Å². The van der Waals surface area contributed by atoms with Crippen LogP contribution in [0, 0.1) is 5.82 Å². The maximum atomic E-state index is 14.5. The number of amides is 2. The smallest absolute Gasteiger partial charge is 0.410 e. The summed E-state index contributed by atoms with van der Waals surface area (Å²) in [5.74, 6) is 0.448. The Morgan fingerprint density at radius 2 is 1.77 bits per heavy atom. The molecule has 0 N–H and O–H groups in total. The Kier molecular flexibility index (Phi) is 8.93. The van der Waals surface area contributed by atoms with Crippen LogP contribution in [-0.2, 0) is 9.47 Å². The van der Waals surface area contributed by atoms with Gasteiger partial charge in [-0.1, -0.05) is 6.07 Å². The number of ether oxygens (including phenoxy) is 4. The van der Waals surface area contributed by atoms with Gasteiger partial charge in [-0.15, -0.1) is 0 Å². The lowest BCUT2D eigenvalue weighted by Crippen LogP contribution is -2.52. The van der Waals surface area contributed by atoms with Gasteiger partial charge in [-0.25, -0.2) is 9.18 Å². The molecule has 2 amide bonds. The van der Waals surface area contributed by atoms with Crippen LogP contribution in [0.3, 0.4) is 0 Å². The highest BCUT2D eigenvalue weighted by atomic mass is 19.1. The summed E-state index contributed by atoms with van der Waals surface area (Å²) >= 11 is 0. The monoisotopic (exact) mass is 556 g/mol. The van der Waals surface area contributed by atoms with Gasteiger partial charge in [0.1, 0.15) is 28.5 Å². The van der Waals surface area contributed by atoms with Crippen LogP contribution < -0.4 is 9.47 Å². The first-order valence-corrected chi connectivity index (χ1v) is 14.0. The first-order chi connectivity index (χ1) is 19.0. The molecule has 1 unspecified atom stereocenters. The SMILES string of the molecule is CCN(CC)C(=O)c1ccc(C2CC3(CCN(C(=O)OC(C)(C)C)CC3)Oc3ccc(F)cc32)c(OCOC)c1. The molecule has 9 heteroatoms. The highest BCUT2D eigenvalue weighted by molar-refractivity contribution is 5.94. The van der Waals surface area contributed by atoms with Gasteiger partial charge in [0, 0.05) is 68.7 Å². The zero-order valence-electron chi connectivity index (χ0n) is 24.4.